The van der Waals surface area contributed by atoms with E-state index in [1.807, 2.05) is 0 Å². The van der Waals surface area contributed by atoms with Crippen LogP contribution in [0.2, 0.25) is 0 Å². The fourth-order valence-electron chi connectivity index (χ4n) is 2.46. The number of hydrogen-bond donors (Lipinski definition) is 1. The first-order valence-electron chi connectivity index (χ1n) is 6.03. The molecule has 1 aliphatic heterocycles. The lowest BCUT2D eigenvalue weighted by Crippen LogP contribution is -2.34. The van der Waals surface area contributed by atoms with Crippen LogP contribution in [0.3, 0.4) is 0 Å². The molecule has 0 aromatic heterocycles. The van der Waals surface area contributed by atoms with E-state index in [1.165, 1.54) is 6.07 Å². The van der Waals surface area contributed by atoms with Gasteiger partial charge < -0.3 is 10.1 Å². The molecular formula is C13H16F3NO. The van der Waals surface area contributed by atoms with Gasteiger partial charge in [0.1, 0.15) is 11.6 Å². The van der Waals surface area contributed by atoms with E-state index < -0.39 is 12.4 Å². The number of ether oxygens (including phenoxy) is 1. The van der Waals surface area contributed by atoms with Crippen LogP contribution in [0.5, 0.6) is 5.75 Å². The Kier molecular flexibility index (Phi) is 4.11. The van der Waals surface area contributed by atoms with Crippen molar-refractivity contribution in [2.45, 2.75) is 25.9 Å². The number of hydrogen-bond acceptors (Lipinski definition) is 2. The maximum Gasteiger partial charge on any atom is 0.387 e. The highest BCUT2D eigenvalue weighted by Gasteiger charge is 2.25. The molecule has 1 fully saturated rings. The van der Waals surface area contributed by atoms with Gasteiger partial charge >= 0.3 is 6.61 Å². The third kappa shape index (κ3) is 2.96. The molecule has 1 aliphatic rings. The first-order valence-corrected chi connectivity index (χ1v) is 6.03. The normalized spacial score (nSPS) is 24.3. The summed E-state index contributed by atoms with van der Waals surface area (Å²) in [5, 5.41) is 3.24. The second kappa shape index (κ2) is 5.61. The van der Waals surface area contributed by atoms with E-state index in [-0.39, 0.29) is 11.7 Å². The molecule has 0 spiro atoms. The monoisotopic (exact) mass is 259 g/mol. The minimum absolute atomic E-state index is 0.131. The van der Waals surface area contributed by atoms with Gasteiger partial charge in [0.05, 0.1) is 0 Å². The van der Waals surface area contributed by atoms with E-state index in [1.54, 1.807) is 6.07 Å². The molecule has 0 aliphatic carbocycles. The molecule has 100 valence electrons. The Labute approximate surface area is 104 Å². The number of benzene rings is 1. The van der Waals surface area contributed by atoms with Crippen molar-refractivity contribution in [3.05, 3.63) is 29.6 Å². The van der Waals surface area contributed by atoms with Crippen LogP contribution in [0.4, 0.5) is 13.2 Å². The maximum atomic E-state index is 13.9. The summed E-state index contributed by atoms with van der Waals surface area (Å²) in [6.45, 7) is 0.830. The van der Waals surface area contributed by atoms with E-state index in [2.05, 4.69) is 17.0 Å². The SMILES string of the molecule is C[C@H]1CNCC[C@H]1c1ccc(OC(F)F)cc1F. The second-order valence-electron chi connectivity index (χ2n) is 4.64. The van der Waals surface area contributed by atoms with Crippen LogP contribution in [0, 0.1) is 11.7 Å². The van der Waals surface area contributed by atoms with E-state index in [0.717, 1.165) is 25.6 Å². The average Bonchev–Trinajstić information content (AvgIpc) is 2.30. The number of halogens is 3. The van der Waals surface area contributed by atoms with Gasteiger partial charge in [0.25, 0.3) is 0 Å². The Hall–Kier alpha value is -1.23. The molecule has 5 heteroatoms. The van der Waals surface area contributed by atoms with Crippen molar-refractivity contribution in [3.63, 3.8) is 0 Å². The minimum atomic E-state index is -2.92. The lowest BCUT2D eigenvalue weighted by atomic mass is 9.82. The van der Waals surface area contributed by atoms with Crippen molar-refractivity contribution in [3.8, 4) is 5.75 Å². The number of piperidine rings is 1. The zero-order chi connectivity index (χ0) is 13.1. The van der Waals surface area contributed by atoms with E-state index in [0.29, 0.717) is 11.5 Å². The summed E-state index contributed by atoms with van der Waals surface area (Å²) in [7, 11) is 0. The van der Waals surface area contributed by atoms with Crippen molar-refractivity contribution < 1.29 is 17.9 Å². The van der Waals surface area contributed by atoms with Gasteiger partial charge in [-0.05, 0) is 43.0 Å². The van der Waals surface area contributed by atoms with Gasteiger partial charge in [-0.2, -0.15) is 8.78 Å². The quantitative estimate of drug-likeness (QED) is 0.900. The average molecular weight is 259 g/mol. The third-order valence-electron chi connectivity index (χ3n) is 3.38. The Morgan fingerprint density at radius 3 is 2.78 bits per heavy atom. The van der Waals surface area contributed by atoms with Crippen molar-refractivity contribution >= 4 is 0 Å². The van der Waals surface area contributed by atoms with Crippen molar-refractivity contribution in [2.75, 3.05) is 13.1 Å². The van der Waals surface area contributed by atoms with Gasteiger partial charge in [-0.25, -0.2) is 4.39 Å². The Bertz CT molecular complexity index is 411. The highest BCUT2D eigenvalue weighted by Crippen LogP contribution is 2.33. The Morgan fingerprint density at radius 2 is 2.17 bits per heavy atom. The van der Waals surface area contributed by atoms with Gasteiger partial charge in [-0.3, -0.25) is 0 Å². The molecule has 2 nitrogen and oxygen atoms in total. The van der Waals surface area contributed by atoms with E-state index in [4.69, 9.17) is 0 Å². The van der Waals surface area contributed by atoms with Crippen LogP contribution < -0.4 is 10.1 Å². The molecule has 0 amide bonds. The van der Waals surface area contributed by atoms with Crippen LogP contribution in [-0.2, 0) is 0 Å². The summed E-state index contributed by atoms with van der Waals surface area (Å²) in [4.78, 5) is 0. The molecule has 18 heavy (non-hydrogen) atoms. The van der Waals surface area contributed by atoms with Crippen molar-refractivity contribution in [2.24, 2.45) is 5.92 Å². The molecule has 0 unspecified atom stereocenters. The molecule has 1 heterocycles. The fraction of sp³-hybridized carbons (Fsp3) is 0.538. The summed E-state index contributed by atoms with van der Waals surface area (Å²) in [6, 6.07) is 4.00. The third-order valence-corrected chi connectivity index (χ3v) is 3.38. The molecule has 0 saturated carbocycles. The highest BCUT2D eigenvalue weighted by molar-refractivity contribution is 5.31. The van der Waals surface area contributed by atoms with Gasteiger partial charge in [-0.1, -0.05) is 13.0 Å². The predicted molar refractivity (Wildman–Crippen MR) is 62.4 cm³/mol. The highest BCUT2D eigenvalue weighted by atomic mass is 19.3. The lowest BCUT2D eigenvalue weighted by Gasteiger charge is -2.30. The Balaban J connectivity index is 2.18. The second-order valence-corrected chi connectivity index (χ2v) is 4.64. The van der Waals surface area contributed by atoms with Crippen LogP contribution in [0.1, 0.15) is 24.8 Å². The first kappa shape index (κ1) is 13.2. The van der Waals surface area contributed by atoms with Gasteiger partial charge in [0, 0.05) is 6.07 Å². The van der Waals surface area contributed by atoms with Gasteiger partial charge in [-0.15, -0.1) is 0 Å². The van der Waals surface area contributed by atoms with E-state index >= 15 is 0 Å². The molecule has 1 aromatic carbocycles. The van der Waals surface area contributed by atoms with Crippen molar-refractivity contribution in [1.29, 1.82) is 0 Å². The first-order chi connectivity index (χ1) is 8.58. The zero-order valence-corrected chi connectivity index (χ0v) is 10.1. The Morgan fingerprint density at radius 1 is 1.39 bits per heavy atom. The van der Waals surface area contributed by atoms with Crippen molar-refractivity contribution in [1.82, 2.24) is 5.32 Å². The minimum Gasteiger partial charge on any atom is -0.435 e. The van der Waals surface area contributed by atoms with Gasteiger partial charge in [0.15, 0.2) is 0 Å². The summed E-state index contributed by atoms with van der Waals surface area (Å²) in [6.07, 6.45) is 0.854. The molecule has 0 radical (unpaired) electrons. The number of nitrogens with one attached hydrogen (secondary N) is 1. The fourth-order valence-corrected chi connectivity index (χ4v) is 2.46. The largest absolute Gasteiger partial charge is 0.435 e. The molecular weight excluding hydrogens is 243 g/mol. The molecule has 0 bridgehead atoms. The van der Waals surface area contributed by atoms with Crippen LogP contribution in [-0.4, -0.2) is 19.7 Å². The molecule has 2 rings (SSSR count). The molecule has 2 atom stereocenters. The summed E-state index contributed by atoms with van der Waals surface area (Å²) < 4.78 is 42.1. The summed E-state index contributed by atoms with van der Waals surface area (Å²) in [5.41, 5.74) is 0.589. The number of alkyl halides is 2. The topological polar surface area (TPSA) is 21.3 Å². The van der Waals surface area contributed by atoms with Crippen LogP contribution >= 0.6 is 0 Å². The standard InChI is InChI=1S/C13H16F3NO/c1-8-7-17-5-4-10(8)11-3-2-9(6-12(11)14)18-13(15)16/h2-3,6,8,10,13,17H,4-5,7H2,1H3/t8-,10+/m0/s1. The molecule has 1 aromatic rings. The summed E-state index contributed by atoms with van der Waals surface area (Å²) >= 11 is 0. The van der Waals surface area contributed by atoms with Crippen LogP contribution in [0.15, 0.2) is 18.2 Å². The molecule has 1 saturated heterocycles. The maximum absolute atomic E-state index is 13.9. The zero-order valence-electron chi connectivity index (χ0n) is 10.1. The number of rotatable bonds is 3. The lowest BCUT2D eigenvalue weighted by molar-refractivity contribution is -0.0500. The predicted octanol–water partition coefficient (Wildman–Crippen LogP) is 3.14. The van der Waals surface area contributed by atoms with E-state index in [9.17, 15) is 13.2 Å². The van der Waals surface area contributed by atoms with Crippen LogP contribution in [0.25, 0.3) is 0 Å². The van der Waals surface area contributed by atoms with Gasteiger partial charge in [0.2, 0.25) is 0 Å². The smallest absolute Gasteiger partial charge is 0.387 e. The molecule has 1 N–H and O–H groups in total. The summed E-state index contributed by atoms with van der Waals surface area (Å²) in [5.74, 6) is -0.137.